The lowest BCUT2D eigenvalue weighted by molar-refractivity contribution is 0.0648. The second kappa shape index (κ2) is 13.2. The van der Waals surface area contributed by atoms with Crippen LogP contribution in [0.3, 0.4) is 0 Å². The molecule has 0 unspecified atom stereocenters. The van der Waals surface area contributed by atoms with Crippen molar-refractivity contribution in [3.05, 3.63) is 23.8 Å². The van der Waals surface area contributed by atoms with Crippen LogP contribution in [0.1, 0.15) is 49.9 Å². The molecule has 1 aromatic carbocycles. The van der Waals surface area contributed by atoms with Crippen LogP contribution >= 0.6 is 0 Å². The maximum Gasteiger partial charge on any atom is 0.254 e. The molecule has 7 nitrogen and oxygen atoms in total. The molecule has 0 aliphatic carbocycles. The van der Waals surface area contributed by atoms with E-state index in [0.29, 0.717) is 42.1 Å². The highest BCUT2D eigenvalue weighted by atomic mass is 16.5. The van der Waals surface area contributed by atoms with Crippen LogP contribution in [0, 0.1) is 11.8 Å². The molecule has 2 aliphatic heterocycles. The second-order valence-electron chi connectivity index (χ2n) is 9.65. The standard InChI is InChI=1S/C26H43N3O4/c1-20(2)29(19-23-17-27-16-22(23)18-28-11-6-5-7-12-28)26(30)21-9-10-24(32-4)25(15-21)33-14-8-13-31-3/h9-10,15,20,22-23,27H,5-8,11-14,16-19H2,1-4H3/t22-,23-/m0/s1. The summed E-state index contributed by atoms with van der Waals surface area (Å²) in [5.41, 5.74) is 0.643. The zero-order chi connectivity index (χ0) is 23.6. The average molecular weight is 462 g/mol. The lowest BCUT2D eigenvalue weighted by Crippen LogP contribution is -2.44. The van der Waals surface area contributed by atoms with Crippen LogP contribution in [0.5, 0.6) is 11.5 Å². The van der Waals surface area contributed by atoms with Crippen LogP contribution in [-0.2, 0) is 4.74 Å². The number of ether oxygens (including phenoxy) is 3. The number of piperidine rings is 1. The monoisotopic (exact) mass is 461 g/mol. The number of hydrogen-bond donors (Lipinski definition) is 1. The lowest BCUT2D eigenvalue weighted by atomic mass is 9.93. The zero-order valence-electron chi connectivity index (χ0n) is 21.0. The van der Waals surface area contributed by atoms with Crippen molar-refractivity contribution in [2.45, 2.75) is 45.6 Å². The maximum atomic E-state index is 13.6. The molecule has 0 spiro atoms. The predicted molar refractivity (Wildman–Crippen MR) is 131 cm³/mol. The number of hydrogen-bond acceptors (Lipinski definition) is 6. The van der Waals surface area contributed by atoms with E-state index in [9.17, 15) is 4.79 Å². The number of methoxy groups -OCH3 is 2. The first-order valence-electron chi connectivity index (χ1n) is 12.6. The van der Waals surface area contributed by atoms with E-state index in [2.05, 4.69) is 24.1 Å². The van der Waals surface area contributed by atoms with Crippen LogP contribution in [0.2, 0.25) is 0 Å². The molecule has 1 aromatic rings. The Bertz CT molecular complexity index is 736. The first-order chi connectivity index (χ1) is 16.0. The highest BCUT2D eigenvalue weighted by Gasteiger charge is 2.33. The predicted octanol–water partition coefficient (Wildman–Crippen LogP) is 3.28. The Morgan fingerprint density at radius 3 is 2.55 bits per heavy atom. The fourth-order valence-corrected chi connectivity index (χ4v) is 4.94. The number of rotatable bonds is 12. The zero-order valence-corrected chi connectivity index (χ0v) is 21.0. The topological polar surface area (TPSA) is 63.3 Å². The Kier molecular flexibility index (Phi) is 10.3. The molecule has 3 rings (SSSR count). The number of likely N-dealkylation sites (tertiary alicyclic amines) is 1. The highest BCUT2D eigenvalue weighted by Crippen LogP contribution is 2.30. The van der Waals surface area contributed by atoms with Crippen LogP contribution in [-0.4, -0.2) is 88.5 Å². The van der Waals surface area contributed by atoms with Gasteiger partial charge in [0, 0.05) is 51.4 Å². The van der Waals surface area contributed by atoms with Crippen molar-refractivity contribution in [2.24, 2.45) is 11.8 Å². The summed E-state index contributed by atoms with van der Waals surface area (Å²) in [6.45, 7) is 11.7. The molecule has 1 N–H and O–H groups in total. The highest BCUT2D eigenvalue weighted by molar-refractivity contribution is 5.95. The van der Waals surface area contributed by atoms with E-state index in [0.717, 1.165) is 32.6 Å². The molecule has 2 atom stereocenters. The van der Waals surface area contributed by atoms with Gasteiger partial charge in [-0.15, -0.1) is 0 Å². The van der Waals surface area contributed by atoms with Crippen molar-refractivity contribution < 1.29 is 19.0 Å². The lowest BCUT2D eigenvalue weighted by Gasteiger charge is -2.34. The largest absolute Gasteiger partial charge is 0.493 e. The van der Waals surface area contributed by atoms with E-state index in [1.807, 2.05) is 23.1 Å². The summed E-state index contributed by atoms with van der Waals surface area (Å²) < 4.78 is 16.4. The summed E-state index contributed by atoms with van der Waals surface area (Å²) in [6, 6.07) is 5.62. The van der Waals surface area contributed by atoms with Gasteiger partial charge >= 0.3 is 0 Å². The van der Waals surface area contributed by atoms with Gasteiger partial charge in [0.2, 0.25) is 0 Å². The fourth-order valence-electron chi connectivity index (χ4n) is 4.94. The molecule has 0 aromatic heterocycles. The number of benzene rings is 1. The van der Waals surface area contributed by atoms with Gasteiger partial charge in [-0.3, -0.25) is 4.79 Å². The third-order valence-electron chi connectivity index (χ3n) is 6.90. The van der Waals surface area contributed by atoms with Gasteiger partial charge in [0.15, 0.2) is 11.5 Å². The summed E-state index contributed by atoms with van der Waals surface area (Å²) in [5.74, 6) is 2.36. The summed E-state index contributed by atoms with van der Waals surface area (Å²) in [7, 11) is 3.30. The number of nitrogens with zero attached hydrogens (tertiary/aromatic N) is 2. The van der Waals surface area contributed by atoms with E-state index in [1.165, 1.54) is 32.4 Å². The van der Waals surface area contributed by atoms with Gasteiger partial charge < -0.3 is 29.3 Å². The molecule has 0 radical (unpaired) electrons. The van der Waals surface area contributed by atoms with Crippen LogP contribution in [0.25, 0.3) is 0 Å². The van der Waals surface area contributed by atoms with E-state index in [4.69, 9.17) is 14.2 Å². The molecule has 186 valence electrons. The molecule has 0 saturated carbocycles. The smallest absolute Gasteiger partial charge is 0.254 e. The molecule has 7 heteroatoms. The van der Waals surface area contributed by atoms with Crippen molar-refractivity contribution >= 4 is 5.91 Å². The average Bonchev–Trinajstić information content (AvgIpc) is 3.26. The Morgan fingerprint density at radius 2 is 1.85 bits per heavy atom. The van der Waals surface area contributed by atoms with E-state index >= 15 is 0 Å². The van der Waals surface area contributed by atoms with Gasteiger partial charge in [0.05, 0.1) is 13.7 Å². The minimum Gasteiger partial charge on any atom is -0.493 e. The SMILES string of the molecule is COCCCOc1cc(C(=O)N(C[C@@H]2CNC[C@H]2CN2CCCCC2)C(C)C)ccc1OC. The van der Waals surface area contributed by atoms with Gasteiger partial charge in [0.25, 0.3) is 5.91 Å². The van der Waals surface area contributed by atoms with Crippen molar-refractivity contribution in [1.82, 2.24) is 15.1 Å². The maximum absolute atomic E-state index is 13.6. The number of carbonyl (C=O) groups is 1. The van der Waals surface area contributed by atoms with E-state index in [-0.39, 0.29) is 11.9 Å². The minimum atomic E-state index is 0.0537. The summed E-state index contributed by atoms with van der Waals surface area (Å²) in [6.07, 6.45) is 4.77. The number of amides is 1. The van der Waals surface area contributed by atoms with E-state index < -0.39 is 0 Å². The number of carbonyl (C=O) groups excluding carboxylic acids is 1. The number of nitrogens with one attached hydrogen (secondary N) is 1. The third kappa shape index (κ3) is 7.33. The third-order valence-corrected chi connectivity index (χ3v) is 6.90. The van der Waals surface area contributed by atoms with Crippen molar-refractivity contribution in [3.8, 4) is 11.5 Å². The van der Waals surface area contributed by atoms with Gasteiger partial charge in [-0.1, -0.05) is 6.42 Å². The first kappa shape index (κ1) is 25.8. The normalized spacial score (nSPS) is 21.4. The molecule has 2 fully saturated rings. The molecule has 1 amide bonds. The Labute approximate surface area is 199 Å². The molecule has 33 heavy (non-hydrogen) atoms. The van der Waals surface area contributed by atoms with Gasteiger partial charge in [0.1, 0.15) is 0 Å². The summed E-state index contributed by atoms with van der Waals surface area (Å²) in [4.78, 5) is 18.2. The Balaban J connectivity index is 1.67. The van der Waals surface area contributed by atoms with Crippen molar-refractivity contribution in [3.63, 3.8) is 0 Å². The van der Waals surface area contributed by atoms with Crippen LogP contribution in [0.15, 0.2) is 18.2 Å². The molecular weight excluding hydrogens is 418 g/mol. The van der Waals surface area contributed by atoms with Gasteiger partial charge in [-0.05, 0) is 76.4 Å². The van der Waals surface area contributed by atoms with Gasteiger partial charge in [-0.2, -0.15) is 0 Å². The van der Waals surface area contributed by atoms with Crippen LogP contribution < -0.4 is 14.8 Å². The summed E-state index contributed by atoms with van der Waals surface area (Å²) in [5, 5.41) is 3.58. The molecule has 2 saturated heterocycles. The quantitative estimate of drug-likeness (QED) is 0.482. The Morgan fingerprint density at radius 1 is 1.09 bits per heavy atom. The van der Waals surface area contributed by atoms with E-state index in [1.54, 1.807) is 14.2 Å². The Hall–Kier alpha value is -1.83. The molecule has 2 aliphatic rings. The minimum absolute atomic E-state index is 0.0537. The van der Waals surface area contributed by atoms with Gasteiger partial charge in [-0.25, -0.2) is 0 Å². The fraction of sp³-hybridized carbons (Fsp3) is 0.731. The second-order valence-corrected chi connectivity index (χ2v) is 9.65. The summed E-state index contributed by atoms with van der Waals surface area (Å²) >= 11 is 0. The van der Waals surface area contributed by atoms with Crippen molar-refractivity contribution in [1.29, 1.82) is 0 Å². The first-order valence-corrected chi connectivity index (χ1v) is 12.6. The molecule has 0 bridgehead atoms. The van der Waals surface area contributed by atoms with Crippen molar-refractivity contribution in [2.75, 3.05) is 66.7 Å². The van der Waals surface area contributed by atoms with Crippen LogP contribution in [0.4, 0.5) is 0 Å². The molecule has 2 heterocycles. The molecular formula is C26H43N3O4.